The van der Waals surface area contributed by atoms with Crippen LogP contribution in [-0.4, -0.2) is 60.8 Å². The van der Waals surface area contributed by atoms with Gasteiger partial charge in [0.25, 0.3) is 0 Å². The smallest absolute Gasteiger partial charge is 0.444 e. The highest BCUT2D eigenvalue weighted by Gasteiger charge is 2.86. The van der Waals surface area contributed by atoms with E-state index in [9.17, 15) is 66.3 Å². The lowest BCUT2D eigenvalue weighted by atomic mass is 9.81. The van der Waals surface area contributed by atoms with Crippen LogP contribution in [0.15, 0.2) is 66.8 Å². The van der Waals surface area contributed by atoms with Gasteiger partial charge in [0.15, 0.2) is 5.78 Å². The highest BCUT2D eigenvalue weighted by atomic mass is 32.2. The van der Waals surface area contributed by atoms with Gasteiger partial charge in [-0.05, 0) is 56.5 Å². The van der Waals surface area contributed by atoms with Crippen molar-refractivity contribution in [1.29, 1.82) is 0 Å². The molecule has 0 saturated heterocycles. The molecule has 1 aliphatic rings. The van der Waals surface area contributed by atoms with Crippen molar-refractivity contribution < 1.29 is 75.2 Å². The molecular weight excluding hydrogens is 723 g/mol. The van der Waals surface area contributed by atoms with E-state index in [0.29, 0.717) is 23.8 Å². The summed E-state index contributed by atoms with van der Waals surface area (Å²) in [6.07, 6.45) is -9.23. The maximum atomic E-state index is 14.9. The van der Waals surface area contributed by atoms with Crippen LogP contribution in [-0.2, 0) is 19.0 Å². The fraction of sp³-hybridized carbons (Fsp3) is 0.419. The maximum Gasteiger partial charge on any atom is 0.460 e. The van der Waals surface area contributed by atoms with Gasteiger partial charge in [0.05, 0.1) is 11.6 Å². The second-order valence-electron chi connectivity index (χ2n) is 12.0. The summed E-state index contributed by atoms with van der Waals surface area (Å²) in [4.78, 5) is 25.7. The van der Waals surface area contributed by atoms with E-state index in [0.717, 1.165) is 18.2 Å². The van der Waals surface area contributed by atoms with Crippen molar-refractivity contribution in [2.45, 2.75) is 80.6 Å². The molecule has 2 aromatic rings. The van der Waals surface area contributed by atoms with Gasteiger partial charge in [0.1, 0.15) is 22.8 Å². The van der Waals surface area contributed by atoms with Crippen LogP contribution in [0.3, 0.4) is 0 Å². The van der Waals surface area contributed by atoms with Gasteiger partial charge in [-0.25, -0.2) is 13.6 Å². The average Bonchev–Trinajstić information content (AvgIpc) is 2.98. The first-order chi connectivity index (χ1) is 22.7. The summed E-state index contributed by atoms with van der Waals surface area (Å²) >= 11 is 0. The zero-order chi connectivity index (χ0) is 38.1. The standard InChI is InChI=1S/C31H28F11NO6S/c1-26(2,3)48-25(45)43-23(13-12-22(44)24-20(32)10-7-11-21(24)33)27(16-14-19(15-17-27)18-8-5-4-6-9-18)49-50(46,47)31(41,42)29(36,37)28(34,35)30(38,39)40/h4-11,14-16,23H,12-13,17H2,1-3H3,(H,43,45). The van der Waals surface area contributed by atoms with Crippen LogP contribution in [0.25, 0.3) is 5.57 Å². The van der Waals surface area contributed by atoms with Crippen LogP contribution in [0.5, 0.6) is 0 Å². The molecule has 0 radical (unpaired) electrons. The summed E-state index contributed by atoms with van der Waals surface area (Å²) in [7, 11) is -7.56. The fourth-order valence-electron chi connectivity index (χ4n) is 4.69. The number of ether oxygens (including phenoxy) is 1. The molecule has 7 nitrogen and oxygen atoms in total. The van der Waals surface area contributed by atoms with Crippen LogP contribution in [0, 0.1) is 11.6 Å². The molecule has 276 valence electrons. The first kappa shape index (κ1) is 40.4. The number of hydrogen-bond acceptors (Lipinski definition) is 6. The Morgan fingerprint density at radius 1 is 0.860 bits per heavy atom. The molecular formula is C31H28F11NO6S. The summed E-state index contributed by atoms with van der Waals surface area (Å²) in [6, 6.07) is 7.80. The molecule has 0 bridgehead atoms. The van der Waals surface area contributed by atoms with Crippen LogP contribution in [0.4, 0.5) is 53.1 Å². The molecule has 0 saturated carbocycles. The highest BCUT2D eigenvalue weighted by molar-refractivity contribution is 7.87. The van der Waals surface area contributed by atoms with Gasteiger partial charge in [-0.1, -0.05) is 48.6 Å². The number of rotatable bonds is 12. The number of halogens is 11. The number of nitrogens with one attached hydrogen (secondary N) is 1. The third kappa shape index (κ3) is 8.14. The minimum Gasteiger partial charge on any atom is -0.444 e. The monoisotopic (exact) mass is 751 g/mol. The normalized spacial score (nSPS) is 18.3. The Kier molecular flexibility index (Phi) is 11.3. The topological polar surface area (TPSA) is 98.8 Å². The van der Waals surface area contributed by atoms with Gasteiger partial charge in [0, 0.05) is 12.8 Å². The molecule has 3 rings (SSSR count). The zero-order valence-electron chi connectivity index (χ0n) is 26.1. The third-order valence-electron chi connectivity index (χ3n) is 7.17. The predicted octanol–water partition coefficient (Wildman–Crippen LogP) is 8.38. The van der Waals surface area contributed by atoms with E-state index in [1.165, 1.54) is 45.0 Å². The summed E-state index contributed by atoms with van der Waals surface area (Å²) in [5.41, 5.74) is -4.93. The quantitative estimate of drug-likeness (QED) is 0.133. The van der Waals surface area contributed by atoms with Gasteiger partial charge in [-0.2, -0.15) is 47.9 Å². The van der Waals surface area contributed by atoms with Crippen LogP contribution >= 0.6 is 0 Å². The summed E-state index contributed by atoms with van der Waals surface area (Å²) in [6.45, 7) is 4.00. The van der Waals surface area contributed by atoms with Crippen LogP contribution in [0.1, 0.15) is 56.0 Å². The Labute approximate surface area is 278 Å². The fourth-order valence-corrected chi connectivity index (χ4v) is 5.88. The number of benzene rings is 2. The number of hydrogen-bond donors (Lipinski definition) is 1. The van der Waals surface area contributed by atoms with E-state index in [2.05, 4.69) is 4.18 Å². The largest absolute Gasteiger partial charge is 0.460 e. The molecule has 0 spiro atoms. The molecule has 1 aliphatic carbocycles. The number of Topliss-reactive ketones (excluding diaryl/α,β-unsaturated/α-hetero) is 1. The van der Waals surface area contributed by atoms with E-state index in [-0.39, 0.29) is 5.57 Å². The van der Waals surface area contributed by atoms with Gasteiger partial charge in [-0.15, -0.1) is 0 Å². The van der Waals surface area contributed by atoms with Crippen LogP contribution in [0.2, 0.25) is 0 Å². The summed E-state index contributed by atoms with van der Waals surface area (Å²) in [5, 5.41) is -5.28. The van der Waals surface area contributed by atoms with Crippen LogP contribution < -0.4 is 5.32 Å². The Bertz CT molecular complexity index is 1730. The third-order valence-corrected chi connectivity index (χ3v) is 8.58. The molecule has 0 aromatic heterocycles. The lowest BCUT2D eigenvalue weighted by Gasteiger charge is -2.41. The second-order valence-corrected chi connectivity index (χ2v) is 13.6. The van der Waals surface area contributed by atoms with Gasteiger partial charge in [-0.3, -0.25) is 8.98 Å². The summed E-state index contributed by atoms with van der Waals surface area (Å²) in [5.74, 6) is -19.3. The van der Waals surface area contributed by atoms with E-state index >= 15 is 0 Å². The molecule has 1 amide bonds. The van der Waals surface area contributed by atoms with Crippen molar-refractivity contribution in [3.63, 3.8) is 0 Å². The lowest BCUT2D eigenvalue weighted by Crippen LogP contribution is -2.65. The minimum absolute atomic E-state index is 0.198. The van der Waals surface area contributed by atoms with E-state index in [4.69, 9.17) is 4.74 Å². The van der Waals surface area contributed by atoms with Crippen molar-refractivity contribution in [2.75, 3.05) is 0 Å². The molecule has 0 fully saturated rings. The Morgan fingerprint density at radius 2 is 1.42 bits per heavy atom. The number of carbonyl (C=O) groups is 2. The lowest BCUT2D eigenvalue weighted by molar-refractivity contribution is -0.383. The van der Waals surface area contributed by atoms with E-state index in [1.807, 2.05) is 5.32 Å². The molecule has 19 heteroatoms. The predicted molar refractivity (Wildman–Crippen MR) is 155 cm³/mol. The summed E-state index contributed by atoms with van der Waals surface area (Å²) < 4.78 is 188. The molecule has 50 heavy (non-hydrogen) atoms. The first-order valence-corrected chi connectivity index (χ1v) is 15.7. The van der Waals surface area contributed by atoms with E-state index in [1.54, 1.807) is 6.07 Å². The van der Waals surface area contributed by atoms with Gasteiger partial charge >= 0.3 is 39.5 Å². The SMILES string of the molecule is CC(C)(C)OC(=O)NC(CCC(=O)c1c(F)cccc1F)C1(OS(=O)(=O)C(F)(F)C(F)(F)C(F)(F)C(F)(F)F)C=CC(c2ccccc2)=CC1. The molecule has 2 aromatic carbocycles. The first-order valence-electron chi connectivity index (χ1n) is 14.3. The number of ketones is 1. The van der Waals surface area contributed by atoms with Crippen molar-refractivity contribution in [2.24, 2.45) is 0 Å². The molecule has 2 atom stereocenters. The number of alkyl carbamates (subject to hydrolysis) is 1. The Balaban J connectivity index is 2.18. The molecule has 1 N–H and O–H groups in total. The number of allylic oxidation sites excluding steroid dienone is 2. The second kappa shape index (κ2) is 14.0. The number of amides is 1. The number of carbonyl (C=O) groups excluding carboxylic acids is 2. The van der Waals surface area contributed by atoms with Gasteiger partial charge < -0.3 is 10.1 Å². The van der Waals surface area contributed by atoms with Crippen molar-refractivity contribution >= 4 is 27.6 Å². The van der Waals surface area contributed by atoms with Gasteiger partial charge in [0.2, 0.25) is 0 Å². The molecule has 2 unspecified atom stereocenters. The minimum atomic E-state index is -7.66. The molecule has 0 heterocycles. The molecule has 0 aliphatic heterocycles. The van der Waals surface area contributed by atoms with Crippen molar-refractivity contribution in [1.82, 2.24) is 5.32 Å². The van der Waals surface area contributed by atoms with Crippen molar-refractivity contribution in [3.8, 4) is 0 Å². The van der Waals surface area contributed by atoms with E-state index < -0.39 is 99.0 Å². The maximum absolute atomic E-state index is 14.9. The Morgan fingerprint density at radius 3 is 1.90 bits per heavy atom. The highest BCUT2D eigenvalue weighted by Crippen LogP contribution is 2.55. The number of alkyl halides is 9. The van der Waals surface area contributed by atoms with Crippen molar-refractivity contribution in [3.05, 3.63) is 89.5 Å². The average molecular weight is 752 g/mol. The Hall–Kier alpha value is -4.00. The zero-order valence-corrected chi connectivity index (χ0v) is 26.9.